The summed E-state index contributed by atoms with van der Waals surface area (Å²) in [5.41, 5.74) is 0.634. The smallest absolute Gasteiger partial charge is 0.222 e. The zero-order chi connectivity index (χ0) is 17.1. The fourth-order valence-corrected chi connectivity index (χ4v) is 3.75. The fraction of sp³-hybridized carbons (Fsp3) is 0.611. The predicted octanol–water partition coefficient (Wildman–Crippen LogP) is 1.95. The van der Waals surface area contributed by atoms with Gasteiger partial charge in [-0.1, -0.05) is 6.07 Å². The number of benzene rings is 1. The van der Waals surface area contributed by atoms with Gasteiger partial charge in [-0.25, -0.2) is 8.78 Å². The van der Waals surface area contributed by atoms with Crippen molar-refractivity contribution in [3.8, 4) is 0 Å². The van der Waals surface area contributed by atoms with Gasteiger partial charge in [0.1, 0.15) is 0 Å². The van der Waals surface area contributed by atoms with Gasteiger partial charge in [-0.05, 0) is 43.4 Å². The summed E-state index contributed by atoms with van der Waals surface area (Å²) in [5, 5.41) is 9.99. The topological polar surface area (TPSA) is 43.8 Å². The highest BCUT2D eigenvalue weighted by molar-refractivity contribution is 5.76. The second kappa shape index (κ2) is 7.57. The van der Waals surface area contributed by atoms with E-state index in [2.05, 4.69) is 4.90 Å². The van der Waals surface area contributed by atoms with E-state index in [9.17, 15) is 18.7 Å². The Morgan fingerprint density at radius 2 is 1.88 bits per heavy atom. The molecular weight excluding hydrogens is 314 g/mol. The number of aryl methyl sites for hydroxylation is 1. The quantitative estimate of drug-likeness (QED) is 0.913. The monoisotopic (exact) mass is 338 g/mol. The molecule has 4 nitrogen and oxygen atoms in total. The summed E-state index contributed by atoms with van der Waals surface area (Å²) in [6.07, 6.45) is 3.46. The molecule has 1 saturated heterocycles. The van der Waals surface area contributed by atoms with Crippen molar-refractivity contribution in [3.63, 3.8) is 0 Å². The van der Waals surface area contributed by atoms with Gasteiger partial charge in [0.2, 0.25) is 5.91 Å². The molecule has 1 amide bonds. The summed E-state index contributed by atoms with van der Waals surface area (Å²) in [6.45, 7) is 2.91. The molecule has 3 rings (SSSR count). The average molecular weight is 338 g/mol. The van der Waals surface area contributed by atoms with Crippen molar-refractivity contribution < 1.29 is 18.7 Å². The van der Waals surface area contributed by atoms with E-state index in [1.54, 1.807) is 0 Å². The normalized spacial score (nSPS) is 25.2. The standard InChI is InChI=1S/C18H24F2N2O2/c19-14-6-4-13(12-15(14)20)5-7-18(24)22-10-8-21(9-11-22)16-2-1-3-17(16)23/h4,6,12,16-17,23H,1-3,5,7-11H2/t16-,17-/m0/s1. The number of carbonyl (C=O) groups excluding carboxylic acids is 1. The molecule has 1 aliphatic heterocycles. The third-order valence-corrected chi connectivity index (χ3v) is 5.19. The van der Waals surface area contributed by atoms with Crippen LogP contribution in [0.5, 0.6) is 0 Å². The second-order valence-electron chi connectivity index (χ2n) is 6.73. The Morgan fingerprint density at radius 1 is 1.12 bits per heavy atom. The Bertz CT molecular complexity index is 588. The molecule has 1 aliphatic carbocycles. The molecular formula is C18H24F2N2O2. The predicted molar refractivity (Wildman–Crippen MR) is 86.5 cm³/mol. The maximum atomic E-state index is 13.2. The highest BCUT2D eigenvalue weighted by atomic mass is 19.2. The number of aliphatic hydroxyl groups is 1. The molecule has 0 aromatic heterocycles. The van der Waals surface area contributed by atoms with Crippen molar-refractivity contribution in [2.24, 2.45) is 0 Å². The van der Waals surface area contributed by atoms with E-state index in [0.717, 1.165) is 44.5 Å². The Kier molecular flexibility index (Phi) is 5.46. The van der Waals surface area contributed by atoms with Gasteiger partial charge >= 0.3 is 0 Å². The Labute approximate surface area is 141 Å². The van der Waals surface area contributed by atoms with Crippen LogP contribution in [-0.2, 0) is 11.2 Å². The maximum Gasteiger partial charge on any atom is 0.222 e. The van der Waals surface area contributed by atoms with Gasteiger partial charge in [0.05, 0.1) is 6.10 Å². The molecule has 0 unspecified atom stereocenters. The van der Waals surface area contributed by atoms with Crippen LogP contribution in [0.2, 0.25) is 0 Å². The van der Waals surface area contributed by atoms with Crippen molar-refractivity contribution in [3.05, 3.63) is 35.4 Å². The van der Waals surface area contributed by atoms with E-state index in [0.29, 0.717) is 31.5 Å². The van der Waals surface area contributed by atoms with Crippen molar-refractivity contribution in [1.82, 2.24) is 9.80 Å². The highest BCUT2D eigenvalue weighted by Crippen LogP contribution is 2.25. The third-order valence-electron chi connectivity index (χ3n) is 5.19. The number of aliphatic hydroxyl groups excluding tert-OH is 1. The lowest BCUT2D eigenvalue weighted by Crippen LogP contribution is -2.53. The Balaban J connectivity index is 1.45. The summed E-state index contributed by atoms with van der Waals surface area (Å²) in [6, 6.07) is 4.01. The van der Waals surface area contributed by atoms with Gasteiger partial charge in [-0.3, -0.25) is 9.69 Å². The minimum Gasteiger partial charge on any atom is -0.391 e. The molecule has 1 aromatic carbocycles. The van der Waals surface area contributed by atoms with Crippen LogP contribution < -0.4 is 0 Å². The summed E-state index contributed by atoms with van der Waals surface area (Å²) in [4.78, 5) is 16.4. The van der Waals surface area contributed by atoms with Crippen molar-refractivity contribution in [2.75, 3.05) is 26.2 Å². The van der Waals surface area contributed by atoms with Crippen LogP contribution in [0.4, 0.5) is 8.78 Å². The summed E-state index contributed by atoms with van der Waals surface area (Å²) in [7, 11) is 0. The lowest BCUT2D eigenvalue weighted by molar-refractivity contribution is -0.133. The maximum absolute atomic E-state index is 13.2. The van der Waals surface area contributed by atoms with Crippen molar-refractivity contribution >= 4 is 5.91 Å². The lowest BCUT2D eigenvalue weighted by atomic mass is 10.1. The van der Waals surface area contributed by atoms with Gasteiger partial charge in [0.25, 0.3) is 0 Å². The highest BCUT2D eigenvalue weighted by Gasteiger charge is 2.33. The van der Waals surface area contributed by atoms with Crippen molar-refractivity contribution in [2.45, 2.75) is 44.2 Å². The van der Waals surface area contributed by atoms with Crippen LogP contribution in [0.15, 0.2) is 18.2 Å². The number of hydrogen-bond donors (Lipinski definition) is 1. The number of amides is 1. The molecule has 0 radical (unpaired) electrons. The van der Waals surface area contributed by atoms with Gasteiger partial charge in [0, 0.05) is 38.6 Å². The van der Waals surface area contributed by atoms with Gasteiger partial charge in [-0.2, -0.15) is 0 Å². The van der Waals surface area contributed by atoms with Crippen LogP contribution in [0, 0.1) is 11.6 Å². The first-order valence-corrected chi connectivity index (χ1v) is 8.68. The van der Waals surface area contributed by atoms with Crippen LogP contribution in [0.25, 0.3) is 0 Å². The minimum atomic E-state index is -0.872. The summed E-state index contributed by atoms with van der Waals surface area (Å²) in [5.74, 6) is -1.69. The number of halogens is 2. The molecule has 6 heteroatoms. The molecule has 1 saturated carbocycles. The molecule has 0 bridgehead atoms. The zero-order valence-corrected chi connectivity index (χ0v) is 13.8. The molecule has 0 spiro atoms. The number of rotatable bonds is 4. The number of carbonyl (C=O) groups is 1. The zero-order valence-electron chi connectivity index (χ0n) is 13.8. The molecule has 1 aromatic rings. The lowest BCUT2D eigenvalue weighted by Gasteiger charge is -2.39. The molecule has 2 atom stereocenters. The van der Waals surface area contributed by atoms with Gasteiger partial charge in [0.15, 0.2) is 11.6 Å². The third kappa shape index (κ3) is 3.92. The molecule has 24 heavy (non-hydrogen) atoms. The van der Waals surface area contributed by atoms with E-state index < -0.39 is 11.6 Å². The number of piperazine rings is 1. The van der Waals surface area contributed by atoms with Crippen LogP contribution in [-0.4, -0.2) is 59.1 Å². The van der Waals surface area contributed by atoms with Gasteiger partial charge < -0.3 is 10.0 Å². The first-order chi connectivity index (χ1) is 11.5. The van der Waals surface area contributed by atoms with Crippen LogP contribution >= 0.6 is 0 Å². The molecule has 2 fully saturated rings. The number of hydrogen-bond acceptors (Lipinski definition) is 3. The summed E-state index contributed by atoms with van der Waals surface area (Å²) < 4.78 is 26.1. The second-order valence-corrected chi connectivity index (χ2v) is 6.73. The van der Waals surface area contributed by atoms with Crippen molar-refractivity contribution in [1.29, 1.82) is 0 Å². The minimum absolute atomic E-state index is 0.0475. The molecule has 132 valence electrons. The molecule has 2 aliphatic rings. The van der Waals surface area contributed by atoms with E-state index in [-0.39, 0.29) is 18.1 Å². The first kappa shape index (κ1) is 17.3. The molecule has 1 heterocycles. The Hall–Kier alpha value is -1.53. The van der Waals surface area contributed by atoms with E-state index in [4.69, 9.17) is 0 Å². The largest absolute Gasteiger partial charge is 0.391 e. The van der Waals surface area contributed by atoms with E-state index >= 15 is 0 Å². The fourth-order valence-electron chi connectivity index (χ4n) is 3.75. The van der Waals surface area contributed by atoms with Crippen LogP contribution in [0.1, 0.15) is 31.2 Å². The van der Waals surface area contributed by atoms with Crippen LogP contribution in [0.3, 0.4) is 0 Å². The van der Waals surface area contributed by atoms with E-state index in [1.165, 1.54) is 6.07 Å². The first-order valence-electron chi connectivity index (χ1n) is 8.68. The van der Waals surface area contributed by atoms with Gasteiger partial charge in [-0.15, -0.1) is 0 Å². The van der Waals surface area contributed by atoms with E-state index in [1.807, 2.05) is 4.90 Å². The average Bonchev–Trinajstić information content (AvgIpc) is 3.02. The SMILES string of the molecule is O=C(CCc1ccc(F)c(F)c1)N1CCN([C@H]2CCC[C@@H]2O)CC1. The Morgan fingerprint density at radius 3 is 2.50 bits per heavy atom. The summed E-state index contributed by atoms with van der Waals surface area (Å²) >= 11 is 0. The number of nitrogens with zero attached hydrogens (tertiary/aromatic N) is 2. The molecule has 1 N–H and O–H groups in total.